The number of benzene rings is 1. The average Bonchev–Trinajstić information content (AvgIpc) is 2.52. The molecule has 1 fully saturated rings. The summed E-state index contributed by atoms with van der Waals surface area (Å²) in [5.74, 6) is 0.960. The molecule has 0 radical (unpaired) electrons. The Morgan fingerprint density at radius 1 is 1.14 bits per heavy atom. The predicted octanol–water partition coefficient (Wildman–Crippen LogP) is 2.67. The van der Waals surface area contributed by atoms with Crippen LogP contribution in [0.15, 0.2) is 36.5 Å². The molecular formula is C18H23N3O. The van der Waals surface area contributed by atoms with Gasteiger partial charge in [0.2, 0.25) is 0 Å². The third kappa shape index (κ3) is 3.12. The maximum Gasteiger partial charge on any atom is 0.154 e. The molecule has 0 unspecified atom stereocenters. The first-order chi connectivity index (χ1) is 10.6. The highest BCUT2D eigenvalue weighted by molar-refractivity contribution is 5.48. The van der Waals surface area contributed by atoms with Crippen LogP contribution in [-0.2, 0) is 6.42 Å². The van der Waals surface area contributed by atoms with Gasteiger partial charge in [0, 0.05) is 19.5 Å². The van der Waals surface area contributed by atoms with E-state index in [-0.39, 0.29) is 0 Å². The van der Waals surface area contributed by atoms with Gasteiger partial charge >= 0.3 is 0 Å². The lowest BCUT2D eigenvalue weighted by molar-refractivity contribution is 0.0164. The van der Waals surface area contributed by atoms with Gasteiger partial charge in [-0.15, -0.1) is 5.10 Å². The van der Waals surface area contributed by atoms with Crippen molar-refractivity contribution in [3.05, 3.63) is 53.2 Å². The van der Waals surface area contributed by atoms with Crippen LogP contribution in [0.25, 0.3) is 0 Å². The smallest absolute Gasteiger partial charge is 0.154 e. The predicted molar refractivity (Wildman–Crippen MR) is 88.0 cm³/mol. The summed E-state index contributed by atoms with van der Waals surface area (Å²) in [6.07, 6.45) is 4.04. The van der Waals surface area contributed by atoms with E-state index in [4.69, 9.17) is 0 Å². The van der Waals surface area contributed by atoms with Crippen LogP contribution in [0.2, 0.25) is 0 Å². The van der Waals surface area contributed by atoms with Crippen molar-refractivity contribution in [1.29, 1.82) is 0 Å². The largest absolute Gasteiger partial charge is 0.389 e. The fourth-order valence-electron chi connectivity index (χ4n) is 3.11. The SMILES string of the molecule is Cc1cnnc(N2CCC(O)(Cc3ccccc3)CC2)c1C. The summed E-state index contributed by atoms with van der Waals surface area (Å²) in [6.45, 7) is 5.79. The summed E-state index contributed by atoms with van der Waals surface area (Å²) in [6, 6.07) is 10.2. The molecule has 116 valence electrons. The molecule has 1 aliphatic heterocycles. The molecule has 0 bridgehead atoms. The summed E-state index contributed by atoms with van der Waals surface area (Å²) < 4.78 is 0. The first-order valence-corrected chi connectivity index (χ1v) is 7.88. The minimum Gasteiger partial charge on any atom is -0.389 e. The first-order valence-electron chi connectivity index (χ1n) is 7.88. The Kier molecular flexibility index (Phi) is 4.12. The van der Waals surface area contributed by atoms with Crippen molar-refractivity contribution in [2.45, 2.75) is 38.7 Å². The number of aromatic nitrogens is 2. The molecule has 0 aliphatic carbocycles. The van der Waals surface area contributed by atoms with E-state index >= 15 is 0 Å². The highest BCUT2D eigenvalue weighted by Gasteiger charge is 2.33. The lowest BCUT2D eigenvalue weighted by Crippen LogP contribution is -2.46. The number of aryl methyl sites for hydroxylation is 1. The lowest BCUT2D eigenvalue weighted by atomic mass is 9.85. The van der Waals surface area contributed by atoms with E-state index in [9.17, 15) is 5.11 Å². The summed E-state index contributed by atoms with van der Waals surface area (Å²) in [4.78, 5) is 2.24. The topological polar surface area (TPSA) is 49.2 Å². The zero-order valence-corrected chi connectivity index (χ0v) is 13.3. The van der Waals surface area contributed by atoms with Crippen LogP contribution in [0.5, 0.6) is 0 Å². The standard InChI is InChI=1S/C18H23N3O/c1-14-13-19-20-17(15(14)2)21-10-8-18(22,9-11-21)12-16-6-4-3-5-7-16/h3-7,13,22H,8-12H2,1-2H3. The second-order valence-corrected chi connectivity index (χ2v) is 6.35. The summed E-state index contributed by atoms with van der Waals surface area (Å²) in [7, 11) is 0. The van der Waals surface area contributed by atoms with E-state index in [1.165, 1.54) is 11.1 Å². The van der Waals surface area contributed by atoms with Gasteiger partial charge in [0.1, 0.15) is 0 Å². The molecule has 2 aromatic rings. The number of piperidine rings is 1. The van der Waals surface area contributed by atoms with E-state index in [1.807, 2.05) is 18.2 Å². The molecule has 1 aliphatic rings. The minimum atomic E-state index is -0.608. The molecule has 1 saturated heterocycles. The van der Waals surface area contributed by atoms with Gasteiger partial charge in [-0.25, -0.2) is 0 Å². The van der Waals surface area contributed by atoms with E-state index in [0.29, 0.717) is 0 Å². The number of aliphatic hydroxyl groups is 1. The van der Waals surface area contributed by atoms with Crippen molar-refractivity contribution < 1.29 is 5.11 Å². The number of anilines is 1. The van der Waals surface area contributed by atoms with Crippen LogP contribution in [0.3, 0.4) is 0 Å². The second-order valence-electron chi connectivity index (χ2n) is 6.35. The number of nitrogens with zero attached hydrogens (tertiary/aromatic N) is 3. The van der Waals surface area contributed by atoms with Crippen LogP contribution < -0.4 is 4.90 Å². The van der Waals surface area contributed by atoms with Crippen LogP contribution in [0.4, 0.5) is 5.82 Å². The van der Waals surface area contributed by atoms with Crippen molar-refractivity contribution in [2.24, 2.45) is 0 Å². The van der Waals surface area contributed by atoms with Gasteiger partial charge in [-0.3, -0.25) is 0 Å². The molecule has 0 atom stereocenters. The number of rotatable bonds is 3. The van der Waals surface area contributed by atoms with Crippen molar-refractivity contribution in [3.8, 4) is 0 Å². The van der Waals surface area contributed by atoms with Crippen LogP contribution >= 0.6 is 0 Å². The van der Waals surface area contributed by atoms with Gasteiger partial charge in [0.25, 0.3) is 0 Å². The van der Waals surface area contributed by atoms with E-state index < -0.39 is 5.60 Å². The Hall–Kier alpha value is -1.94. The van der Waals surface area contributed by atoms with Gasteiger partial charge in [0.15, 0.2) is 5.82 Å². The lowest BCUT2D eigenvalue weighted by Gasteiger charge is -2.39. The Bertz CT molecular complexity index is 634. The van der Waals surface area contributed by atoms with Crippen LogP contribution in [0, 0.1) is 13.8 Å². The number of hydrogen-bond donors (Lipinski definition) is 1. The van der Waals surface area contributed by atoms with Gasteiger partial charge in [-0.2, -0.15) is 5.10 Å². The van der Waals surface area contributed by atoms with Gasteiger partial charge in [-0.05, 0) is 43.4 Å². The quantitative estimate of drug-likeness (QED) is 0.946. The van der Waals surface area contributed by atoms with E-state index in [1.54, 1.807) is 6.20 Å². The molecule has 1 N–H and O–H groups in total. The molecule has 2 heterocycles. The molecule has 0 amide bonds. The Labute approximate surface area is 131 Å². The molecular weight excluding hydrogens is 274 g/mol. The number of hydrogen-bond acceptors (Lipinski definition) is 4. The van der Waals surface area contributed by atoms with Crippen LogP contribution in [0.1, 0.15) is 29.5 Å². The fourth-order valence-corrected chi connectivity index (χ4v) is 3.11. The Morgan fingerprint density at radius 3 is 2.50 bits per heavy atom. The maximum absolute atomic E-state index is 10.9. The Morgan fingerprint density at radius 2 is 1.82 bits per heavy atom. The van der Waals surface area contributed by atoms with Gasteiger partial charge < -0.3 is 10.0 Å². The monoisotopic (exact) mass is 297 g/mol. The highest BCUT2D eigenvalue weighted by Crippen LogP contribution is 2.30. The first kappa shape index (κ1) is 15.0. The maximum atomic E-state index is 10.9. The average molecular weight is 297 g/mol. The molecule has 1 aromatic carbocycles. The third-order valence-electron chi connectivity index (χ3n) is 4.70. The second kappa shape index (κ2) is 6.05. The van der Waals surface area contributed by atoms with Crippen molar-refractivity contribution in [1.82, 2.24) is 10.2 Å². The van der Waals surface area contributed by atoms with Gasteiger partial charge in [0.05, 0.1) is 11.8 Å². The van der Waals surface area contributed by atoms with E-state index in [0.717, 1.165) is 43.7 Å². The van der Waals surface area contributed by atoms with Gasteiger partial charge in [-0.1, -0.05) is 30.3 Å². The molecule has 1 aromatic heterocycles. The normalized spacial score (nSPS) is 17.5. The van der Waals surface area contributed by atoms with Crippen molar-refractivity contribution in [3.63, 3.8) is 0 Å². The summed E-state index contributed by atoms with van der Waals surface area (Å²) >= 11 is 0. The molecule has 22 heavy (non-hydrogen) atoms. The summed E-state index contributed by atoms with van der Waals surface area (Å²) in [5.41, 5.74) is 2.94. The fraction of sp³-hybridized carbons (Fsp3) is 0.444. The molecule has 0 saturated carbocycles. The third-order valence-corrected chi connectivity index (χ3v) is 4.70. The molecule has 0 spiro atoms. The van der Waals surface area contributed by atoms with Crippen LogP contribution in [-0.4, -0.2) is 34.0 Å². The van der Waals surface area contributed by atoms with E-state index in [2.05, 4.69) is 41.1 Å². The Balaban J connectivity index is 1.68. The summed E-state index contributed by atoms with van der Waals surface area (Å²) in [5, 5.41) is 19.2. The minimum absolute atomic E-state index is 0.608. The zero-order chi connectivity index (χ0) is 15.6. The van der Waals surface area contributed by atoms with Crippen molar-refractivity contribution >= 4 is 5.82 Å². The molecule has 4 nitrogen and oxygen atoms in total. The van der Waals surface area contributed by atoms with Crippen molar-refractivity contribution in [2.75, 3.05) is 18.0 Å². The molecule has 4 heteroatoms. The highest BCUT2D eigenvalue weighted by atomic mass is 16.3. The molecule has 3 rings (SSSR count). The zero-order valence-electron chi connectivity index (χ0n) is 13.3.